The van der Waals surface area contributed by atoms with Crippen molar-refractivity contribution in [1.29, 1.82) is 0 Å². The van der Waals surface area contributed by atoms with E-state index in [0.29, 0.717) is 31.8 Å². The van der Waals surface area contributed by atoms with Crippen LogP contribution in [0.4, 0.5) is 0 Å². The largest absolute Gasteiger partial charge is 0.377 e. The molecule has 0 aromatic carbocycles. The molecule has 136 valence electrons. The van der Waals surface area contributed by atoms with Gasteiger partial charge in [0.1, 0.15) is 5.78 Å². The lowest BCUT2D eigenvalue weighted by Crippen LogP contribution is -2.30. The zero-order valence-corrected chi connectivity index (χ0v) is 15.9. The second-order valence-electron chi connectivity index (χ2n) is 6.78. The minimum absolute atomic E-state index is 0.198. The second kappa shape index (κ2) is 13.5. The Balaban J connectivity index is 3.53. The van der Waals surface area contributed by atoms with Crippen molar-refractivity contribution in [2.45, 2.75) is 85.2 Å². The van der Waals surface area contributed by atoms with Gasteiger partial charge in [0.2, 0.25) is 5.91 Å². The molecule has 0 N–H and O–H groups in total. The van der Waals surface area contributed by atoms with Crippen molar-refractivity contribution in [1.82, 2.24) is 4.90 Å². The first-order valence-corrected chi connectivity index (χ1v) is 9.26. The van der Waals surface area contributed by atoms with Crippen molar-refractivity contribution in [3.63, 3.8) is 0 Å². The average Bonchev–Trinajstić information content (AvgIpc) is 2.52. The third-order valence-corrected chi connectivity index (χ3v) is 4.28. The molecule has 0 heterocycles. The molecule has 0 saturated carbocycles. The van der Waals surface area contributed by atoms with Crippen LogP contribution in [0.25, 0.3) is 0 Å². The molecule has 0 spiro atoms. The lowest BCUT2D eigenvalue weighted by molar-refractivity contribution is -0.131. The lowest BCUT2D eigenvalue weighted by atomic mass is 9.98. The number of rotatable bonds is 14. The van der Waals surface area contributed by atoms with Crippen LogP contribution in [0.1, 0.15) is 79.1 Å². The first-order valence-electron chi connectivity index (χ1n) is 9.26. The summed E-state index contributed by atoms with van der Waals surface area (Å²) < 4.78 is 5.46. The molecule has 1 atom stereocenters. The average molecular weight is 328 g/mol. The summed E-state index contributed by atoms with van der Waals surface area (Å²) in [5.41, 5.74) is 0. The summed E-state index contributed by atoms with van der Waals surface area (Å²) in [6, 6.07) is 0. The highest BCUT2D eigenvalue weighted by atomic mass is 16.5. The molecule has 0 bridgehead atoms. The fraction of sp³-hybridized carbons (Fsp3) is 0.895. The molecule has 23 heavy (non-hydrogen) atoms. The Bertz CT molecular complexity index is 329. The van der Waals surface area contributed by atoms with E-state index >= 15 is 0 Å². The van der Waals surface area contributed by atoms with Crippen LogP contribution < -0.4 is 0 Å². The van der Waals surface area contributed by atoms with E-state index in [1.54, 1.807) is 4.90 Å². The number of carbonyl (C=O) groups is 2. The number of nitrogens with zero attached hydrogens (tertiary/aromatic N) is 1. The lowest BCUT2D eigenvalue weighted by Gasteiger charge is -2.18. The minimum atomic E-state index is 0.198. The van der Waals surface area contributed by atoms with Gasteiger partial charge in [0.05, 0.1) is 12.7 Å². The van der Waals surface area contributed by atoms with Gasteiger partial charge in [-0.3, -0.25) is 9.59 Å². The smallest absolute Gasteiger partial charge is 0.222 e. The zero-order chi connectivity index (χ0) is 17.7. The van der Waals surface area contributed by atoms with Gasteiger partial charge in [0.25, 0.3) is 0 Å². The Morgan fingerprint density at radius 1 is 0.957 bits per heavy atom. The van der Waals surface area contributed by atoms with Crippen LogP contribution in [-0.2, 0) is 14.3 Å². The number of carbonyl (C=O) groups excluding carboxylic acids is 2. The standard InChI is InChI=1S/C19H37NO3/c1-6-17(4)18(21)12-10-8-7-9-11-13-19(22)20(5)14-15-23-16(2)3/h16-17H,6-15H2,1-5H3. The summed E-state index contributed by atoms with van der Waals surface area (Å²) in [5.74, 6) is 0.806. The van der Waals surface area contributed by atoms with E-state index in [1.807, 2.05) is 27.8 Å². The molecule has 0 radical (unpaired) electrons. The van der Waals surface area contributed by atoms with Crippen molar-refractivity contribution < 1.29 is 14.3 Å². The molecule has 0 aliphatic carbocycles. The topological polar surface area (TPSA) is 46.6 Å². The van der Waals surface area contributed by atoms with Crippen LogP contribution in [0.2, 0.25) is 0 Å². The summed E-state index contributed by atoms with van der Waals surface area (Å²) >= 11 is 0. The number of likely N-dealkylation sites (N-methyl/N-ethyl adjacent to an activating group) is 1. The predicted octanol–water partition coefficient (Wildman–Crippen LogP) is 4.22. The van der Waals surface area contributed by atoms with E-state index in [1.165, 1.54) is 0 Å². The maximum absolute atomic E-state index is 11.9. The van der Waals surface area contributed by atoms with Gasteiger partial charge in [-0.05, 0) is 33.1 Å². The van der Waals surface area contributed by atoms with E-state index < -0.39 is 0 Å². The summed E-state index contributed by atoms with van der Waals surface area (Å²) in [6.07, 6.45) is 7.69. The Labute approximate surface area is 143 Å². The van der Waals surface area contributed by atoms with Gasteiger partial charge in [-0.15, -0.1) is 0 Å². The third-order valence-electron chi connectivity index (χ3n) is 4.28. The van der Waals surface area contributed by atoms with Crippen LogP contribution >= 0.6 is 0 Å². The summed E-state index contributed by atoms with van der Waals surface area (Å²) in [4.78, 5) is 25.4. The highest BCUT2D eigenvalue weighted by molar-refractivity contribution is 5.80. The molecule has 1 amide bonds. The van der Waals surface area contributed by atoms with Crippen LogP contribution in [0, 0.1) is 5.92 Å². The first-order chi connectivity index (χ1) is 10.9. The van der Waals surface area contributed by atoms with Crippen LogP contribution in [0.3, 0.4) is 0 Å². The Hall–Kier alpha value is -0.900. The molecule has 1 unspecified atom stereocenters. The summed E-state index contributed by atoms with van der Waals surface area (Å²) in [7, 11) is 1.84. The molecule has 0 aromatic rings. The highest BCUT2D eigenvalue weighted by Gasteiger charge is 2.10. The van der Waals surface area contributed by atoms with Crippen LogP contribution in [0.15, 0.2) is 0 Å². The van der Waals surface area contributed by atoms with Gasteiger partial charge in [0.15, 0.2) is 0 Å². The number of ether oxygens (including phenoxy) is 1. The van der Waals surface area contributed by atoms with Crippen molar-refractivity contribution in [2.24, 2.45) is 5.92 Å². The van der Waals surface area contributed by atoms with Crippen LogP contribution in [-0.4, -0.2) is 42.9 Å². The molecule has 0 rings (SSSR count). The van der Waals surface area contributed by atoms with Crippen molar-refractivity contribution >= 4 is 11.7 Å². The fourth-order valence-electron chi connectivity index (χ4n) is 2.32. The number of amides is 1. The summed E-state index contributed by atoms with van der Waals surface area (Å²) in [5, 5.41) is 0. The van der Waals surface area contributed by atoms with Crippen LogP contribution in [0.5, 0.6) is 0 Å². The monoisotopic (exact) mass is 327 g/mol. The van der Waals surface area contributed by atoms with Gasteiger partial charge in [0, 0.05) is 32.4 Å². The van der Waals surface area contributed by atoms with Crippen molar-refractivity contribution in [3.05, 3.63) is 0 Å². The summed E-state index contributed by atoms with van der Waals surface area (Å²) in [6.45, 7) is 9.33. The van der Waals surface area contributed by atoms with Gasteiger partial charge in [-0.1, -0.05) is 33.1 Å². The van der Waals surface area contributed by atoms with Gasteiger partial charge in [-0.25, -0.2) is 0 Å². The van der Waals surface area contributed by atoms with Gasteiger partial charge >= 0.3 is 0 Å². The quantitative estimate of drug-likeness (QED) is 0.449. The van der Waals surface area contributed by atoms with Crippen molar-refractivity contribution in [3.8, 4) is 0 Å². The zero-order valence-electron chi connectivity index (χ0n) is 15.9. The van der Waals surface area contributed by atoms with E-state index in [0.717, 1.165) is 38.5 Å². The normalized spacial score (nSPS) is 12.4. The highest BCUT2D eigenvalue weighted by Crippen LogP contribution is 2.12. The maximum Gasteiger partial charge on any atom is 0.222 e. The molecule has 0 saturated heterocycles. The number of Topliss-reactive ketones (excluding diaryl/α,β-unsaturated/α-hetero) is 1. The molecular weight excluding hydrogens is 290 g/mol. The van der Waals surface area contributed by atoms with E-state index in [-0.39, 0.29) is 17.9 Å². The first kappa shape index (κ1) is 22.1. The Morgan fingerprint density at radius 3 is 2.09 bits per heavy atom. The number of hydrogen-bond acceptors (Lipinski definition) is 3. The minimum Gasteiger partial charge on any atom is -0.377 e. The van der Waals surface area contributed by atoms with E-state index in [9.17, 15) is 9.59 Å². The maximum atomic E-state index is 11.9. The number of unbranched alkanes of at least 4 members (excludes halogenated alkanes) is 4. The van der Waals surface area contributed by atoms with Gasteiger partial charge < -0.3 is 9.64 Å². The molecule has 4 heteroatoms. The third kappa shape index (κ3) is 12.2. The Kier molecular flexibility index (Phi) is 13.0. The second-order valence-corrected chi connectivity index (χ2v) is 6.78. The number of ketones is 1. The number of hydrogen-bond donors (Lipinski definition) is 0. The fourth-order valence-corrected chi connectivity index (χ4v) is 2.32. The van der Waals surface area contributed by atoms with Gasteiger partial charge in [-0.2, -0.15) is 0 Å². The molecule has 0 aliphatic heterocycles. The van der Waals surface area contributed by atoms with E-state index in [2.05, 4.69) is 6.92 Å². The molecule has 4 nitrogen and oxygen atoms in total. The SMILES string of the molecule is CCC(C)C(=O)CCCCCCCC(=O)N(C)CCOC(C)C. The molecule has 0 fully saturated rings. The molecule has 0 aromatic heterocycles. The Morgan fingerprint density at radius 2 is 1.52 bits per heavy atom. The van der Waals surface area contributed by atoms with Crippen molar-refractivity contribution in [2.75, 3.05) is 20.2 Å². The predicted molar refractivity (Wildman–Crippen MR) is 95.5 cm³/mol. The molecule has 0 aliphatic rings. The molecular formula is C19H37NO3. The van der Waals surface area contributed by atoms with E-state index in [4.69, 9.17) is 4.74 Å².